The molecule has 0 saturated heterocycles. The van der Waals surface area contributed by atoms with Gasteiger partial charge in [-0.15, -0.1) is 0 Å². The zero-order valence-electron chi connectivity index (χ0n) is 12.8. The Kier molecular flexibility index (Phi) is 5.94. The summed E-state index contributed by atoms with van der Waals surface area (Å²) in [6, 6.07) is 1.05. The second-order valence-electron chi connectivity index (χ2n) is 5.04. The van der Waals surface area contributed by atoms with Gasteiger partial charge in [0.2, 0.25) is 11.9 Å². The number of ether oxygens (including phenoxy) is 1. The Bertz CT molecular complexity index is 439. The smallest absolute Gasteiger partial charge is 0.323 e. The van der Waals surface area contributed by atoms with Crippen molar-refractivity contribution < 1.29 is 4.74 Å². The van der Waals surface area contributed by atoms with Crippen molar-refractivity contribution in [1.29, 1.82) is 0 Å². The summed E-state index contributed by atoms with van der Waals surface area (Å²) in [6.07, 6.45) is 3.53. The van der Waals surface area contributed by atoms with Crippen LogP contribution < -0.4 is 21.3 Å². The van der Waals surface area contributed by atoms with Crippen molar-refractivity contribution in [2.45, 2.75) is 39.2 Å². The van der Waals surface area contributed by atoms with Crippen molar-refractivity contribution in [3.05, 3.63) is 0 Å². The predicted molar refractivity (Wildman–Crippen MR) is 82.2 cm³/mol. The van der Waals surface area contributed by atoms with Crippen LogP contribution in [0.15, 0.2) is 0 Å². The number of nitrogen functional groups attached to an aromatic ring is 1. The molecule has 0 spiro atoms. The Labute approximate surface area is 125 Å². The number of likely N-dealkylation sites (N-methyl/N-ethyl adjacent to an activating group) is 1. The summed E-state index contributed by atoms with van der Waals surface area (Å²) < 4.78 is 5.43. The maximum Gasteiger partial charge on any atom is 0.323 e. The lowest BCUT2D eigenvalue weighted by Crippen LogP contribution is -2.31. The average Bonchev–Trinajstić information content (AvgIpc) is 3.34. The van der Waals surface area contributed by atoms with Gasteiger partial charge in [-0.3, -0.25) is 10.3 Å². The number of nitrogens with two attached hydrogens (primary N) is 1. The first-order valence-corrected chi connectivity index (χ1v) is 7.60. The first-order valence-electron chi connectivity index (χ1n) is 7.60. The van der Waals surface area contributed by atoms with Crippen LogP contribution in [0, 0.1) is 0 Å². The van der Waals surface area contributed by atoms with Gasteiger partial charge in [0.15, 0.2) is 0 Å². The molecule has 0 aromatic carbocycles. The molecule has 4 N–H and O–H groups in total. The fourth-order valence-corrected chi connectivity index (χ4v) is 2.11. The van der Waals surface area contributed by atoms with E-state index in [2.05, 4.69) is 37.5 Å². The molecule has 0 atom stereocenters. The number of hydrogen-bond acceptors (Lipinski definition) is 8. The van der Waals surface area contributed by atoms with E-state index in [9.17, 15) is 0 Å². The van der Waals surface area contributed by atoms with Crippen LogP contribution in [0.5, 0.6) is 6.01 Å². The first-order chi connectivity index (χ1) is 10.3. The largest absolute Gasteiger partial charge is 0.463 e. The predicted octanol–water partition coefficient (Wildman–Crippen LogP) is 0.842. The summed E-state index contributed by atoms with van der Waals surface area (Å²) in [5, 5.41) is 3.20. The Balaban J connectivity index is 1.88. The van der Waals surface area contributed by atoms with Gasteiger partial charge in [-0.05, 0) is 25.8 Å². The molecule has 0 unspecified atom stereocenters. The second-order valence-corrected chi connectivity index (χ2v) is 5.04. The zero-order chi connectivity index (χ0) is 15.1. The van der Waals surface area contributed by atoms with Crippen molar-refractivity contribution in [3.8, 4) is 6.01 Å². The van der Waals surface area contributed by atoms with Gasteiger partial charge in [-0.25, -0.2) is 5.84 Å². The summed E-state index contributed by atoms with van der Waals surface area (Å²) in [4.78, 5) is 14.9. The van der Waals surface area contributed by atoms with Crippen LogP contribution in [0.4, 0.5) is 11.9 Å². The number of anilines is 2. The van der Waals surface area contributed by atoms with Crippen molar-refractivity contribution in [2.75, 3.05) is 37.0 Å². The molecule has 118 valence electrons. The standard InChI is InChI=1S/C13H25N7O/c1-3-9-21-13-17-11(16-12(18-13)19-14)15-7-8-20(4-2)10-5-6-10/h10H,3-9,14H2,1-2H3,(H2,15,16,17,18,19). The Morgan fingerprint density at radius 2 is 2.00 bits per heavy atom. The summed E-state index contributed by atoms with van der Waals surface area (Å²) >= 11 is 0. The van der Waals surface area contributed by atoms with Crippen molar-refractivity contribution in [3.63, 3.8) is 0 Å². The van der Waals surface area contributed by atoms with Gasteiger partial charge in [0.05, 0.1) is 6.61 Å². The highest BCUT2D eigenvalue weighted by Gasteiger charge is 2.27. The Morgan fingerprint density at radius 3 is 2.62 bits per heavy atom. The number of nitrogens with one attached hydrogen (secondary N) is 2. The second kappa shape index (κ2) is 7.94. The molecule has 1 heterocycles. The summed E-state index contributed by atoms with van der Waals surface area (Å²) in [7, 11) is 0. The van der Waals surface area contributed by atoms with Crippen molar-refractivity contribution in [2.24, 2.45) is 5.84 Å². The van der Waals surface area contributed by atoms with Gasteiger partial charge < -0.3 is 10.1 Å². The topological polar surface area (TPSA) is 101 Å². The van der Waals surface area contributed by atoms with Gasteiger partial charge in [0.1, 0.15) is 0 Å². The van der Waals surface area contributed by atoms with Crippen molar-refractivity contribution >= 4 is 11.9 Å². The van der Waals surface area contributed by atoms with E-state index in [1.54, 1.807) is 0 Å². The van der Waals surface area contributed by atoms with E-state index in [0.717, 1.165) is 32.1 Å². The lowest BCUT2D eigenvalue weighted by atomic mass is 10.4. The minimum Gasteiger partial charge on any atom is -0.463 e. The molecular formula is C13H25N7O. The van der Waals surface area contributed by atoms with Crippen LogP contribution in [0.3, 0.4) is 0 Å². The third-order valence-corrected chi connectivity index (χ3v) is 3.33. The van der Waals surface area contributed by atoms with Crippen LogP contribution in [-0.4, -0.2) is 52.1 Å². The summed E-state index contributed by atoms with van der Waals surface area (Å²) in [5.74, 6) is 6.15. The average molecular weight is 295 g/mol. The van der Waals surface area contributed by atoms with E-state index in [1.807, 2.05) is 6.92 Å². The number of hydrazine groups is 1. The molecule has 1 aromatic heterocycles. The maximum atomic E-state index is 5.43. The molecule has 8 nitrogen and oxygen atoms in total. The van der Waals surface area contributed by atoms with Gasteiger partial charge in [-0.2, -0.15) is 15.0 Å². The molecule has 0 radical (unpaired) electrons. The van der Waals surface area contributed by atoms with Crippen LogP contribution >= 0.6 is 0 Å². The number of aromatic nitrogens is 3. The van der Waals surface area contributed by atoms with E-state index in [-0.39, 0.29) is 6.01 Å². The highest BCUT2D eigenvalue weighted by Crippen LogP contribution is 2.25. The fourth-order valence-electron chi connectivity index (χ4n) is 2.11. The molecule has 0 amide bonds. The molecule has 0 aliphatic heterocycles. The van der Waals surface area contributed by atoms with E-state index >= 15 is 0 Å². The van der Waals surface area contributed by atoms with Gasteiger partial charge in [-0.1, -0.05) is 13.8 Å². The summed E-state index contributed by atoms with van der Waals surface area (Å²) in [5.41, 5.74) is 2.43. The van der Waals surface area contributed by atoms with E-state index in [0.29, 0.717) is 18.5 Å². The lowest BCUT2D eigenvalue weighted by Gasteiger charge is -2.19. The molecule has 8 heteroatoms. The number of nitrogens with zero attached hydrogens (tertiary/aromatic N) is 4. The third kappa shape index (κ3) is 4.98. The normalized spacial score (nSPS) is 14.3. The maximum absolute atomic E-state index is 5.43. The van der Waals surface area contributed by atoms with Crippen LogP contribution in [0.1, 0.15) is 33.1 Å². The van der Waals surface area contributed by atoms with E-state index in [1.165, 1.54) is 12.8 Å². The fraction of sp³-hybridized carbons (Fsp3) is 0.769. The lowest BCUT2D eigenvalue weighted by molar-refractivity contribution is 0.287. The van der Waals surface area contributed by atoms with E-state index in [4.69, 9.17) is 10.6 Å². The molecule has 21 heavy (non-hydrogen) atoms. The first kappa shape index (κ1) is 15.7. The van der Waals surface area contributed by atoms with Crippen molar-refractivity contribution in [1.82, 2.24) is 19.9 Å². The van der Waals surface area contributed by atoms with Gasteiger partial charge in [0, 0.05) is 19.1 Å². The highest BCUT2D eigenvalue weighted by atomic mass is 16.5. The van der Waals surface area contributed by atoms with Crippen LogP contribution in [-0.2, 0) is 0 Å². The van der Waals surface area contributed by atoms with Gasteiger partial charge >= 0.3 is 6.01 Å². The molecular weight excluding hydrogens is 270 g/mol. The zero-order valence-corrected chi connectivity index (χ0v) is 12.8. The molecule has 1 saturated carbocycles. The minimum absolute atomic E-state index is 0.289. The summed E-state index contributed by atoms with van der Waals surface area (Å²) in [6.45, 7) is 7.62. The van der Waals surface area contributed by atoms with E-state index < -0.39 is 0 Å². The highest BCUT2D eigenvalue weighted by molar-refractivity contribution is 5.34. The monoisotopic (exact) mass is 295 g/mol. The minimum atomic E-state index is 0.289. The molecule has 1 aliphatic rings. The number of rotatable bonds is 10. The Hall–Kier alpha value is -1.67. The number of hydrogen-bond donors (Lipinski definition) is 3. The van der Waals surface area contributed by atoms with Crippen LogP contribution in [0.25, 0.3) is 0 Å². The molecule has 1 aromatic rings. The molecule has 1 fully saturated rings. The van der Waals surface area contributed by atoms with Crippen LogP contribution in [0.2, 0.25) is 0 Å². The molecule has 2 rings (SSSR count). The van der Waals surface area contributed by atoms with Gasteiger partial charge in [0.25, 0.3) is 0 Å². The molecule has 0 bridgehead atoms. The SMILES string of the molecule is CCCOc1nc(NN)nc(NCCN(CC)C2CC2)n1. The third-order valence-electron chi connectivity index (χ3n) is 3.33. The molecule has 1 aliphatic carbocycles. The Morgan fingerprint density at radius 1 is 1.24 bits per heavy atom. The quantitative estimate of drug-likeness (QED) is 0.431.